The summed E-state index contributed by atoms with van der Waals surface area (Å²) in [6.45, 7) is 1.20. The van der Waals surface area contributed by atoms with Gasteiger partial charge >= 0.3 is 0 Å². The van der Waals surface area contributed by atoms with Gasteiger partial charge in [-0.3, -0.25) is 4.79 Å². The highest BCUT2D eigenvalue weighted by Gasteiger charge is 2.32. The summed E-state index contributed by atoms with van der Waals surface area (Å²) < 4.78 is 8.24. The molecule has 4 nitrogen and oxygen atoms in total. The smallest absolute Gasteiger partial charge is 0.233 e. The molecule has 0 spiro atoms. The van der Waals surface area contributed by atoms with Gasteiger partial charge in [-0.1, -0.05) is 22.0 Å². The maximum atomic E-state index is 12.0. The van der Waals surface area contributed by atoms with Crippen molar-refractivity contribution in [3.63, 3.8) is 0 Å². The highest BCUT2D eigenvalue weighted by atomic mass is 79.9. The Morgan fingerprint density at radius 2 is 2.27 bits per heavy atom. The molecule has 1 saturated heterocycles. The van der Waals surface area contributed by atoms with Gasteiger partial charge in [-0.05, 0) is 24.3 Å². The third-order valence-electron chi connectivity index (χ3n) is 3.61. The van der Waals surface area contributed by atoms with Crippen molar-refractivity contribution in [2.75, 3.05) is 26.0 Å². The van der Waals surface area contributed by atoms with Crippen LogP contribution < -0.4 is 0 Å². The molecule has 6 heteroatoms. The Hall–Kier alpha value is -1.24. The third-order valence-corrected chi connectivity index (χ3v) is 5.36. The minimum atomic E-state index is 0.0797. The molecule has 1 aliphatic heterocycles. The van der Waals surface area contributed by atoms with Gasteiger partial charge in [-0.25, -0.2) is 0 Å². The van der Waals surface area contributed by atoms with Gasteiger partial charge in [0.1, 0.15) is 5.37 Å². The summed E-state index contributed by atoms with van der Waals surface area (Å²) in [7, 11) is 1.66. The van der Waals surface area contributed by atoms with Gasteiger partial charge in [0.2, 0.25) is 5.91 Å². The molecule has 1 amide bonds. The number of carbonyl (C=O) groups excluding carboxylic acids is 1. The van der Waals surface area contributed by atoms with Crippen molar-refractivity contribution in [1.29, 1.82) is 0 Å². The van der Waals surface area contributed by atoms with Crippen molar-refractivity contribution < 1.29 is 9.53 Å². The van der Waals surface area contributed by atoms with Crippen LogP contribution in [0.4, 0.5) is 0 Å². The number of hydrogen-bond donors (Lipinski definition) is 0. The molecule has 116 valence electrons. The van der Waals surface area contributed by atoms with E-state index in [-0.39, 0.29) is 11.3 Å². The minimum Gasteiger partial charge on any atom is -0.383 e. The molecule has 22 heavy (non-hydrogen) atoms. The molecule has 0 aliphatic carbocycles. The Bertz CT molecular complexity index is 674. The zero-order valence-corrected chi connectivity index (χ0v) is 14.6. The van der Waals surface area contributed by atoms with Gasteiger partial charge in [0, 0.05) is 41.8 Å². The van der Waals surface area contributed by atoms with Crippen molar-refractivity contribution >= 4 is 33.6 Å². The Kier molecular flexibility index (Phi) is 4.90. The Morgan fingerprint density at radius 1 is 1.41 bits per heavy atom. The molecular weight excluding hydrogens is 364 g/mol. The van der Waals surface area contributed by atoms with Crippen LogP contribution in [0.2, 0.25) is 0 Å². The van der Waals surface area contributed by atoms with Crippen LogP contribution in [0.25, 0.3) is 5.69 Å². The molecule has 0 radical (unpaired) electrons. The van der Waals surface area contributed by atoms with Crippen LogP contribution in [0.1, 0.15) is 10.9 Å². The van der Waals surface area contributed by atoms with Crippen LogP contribution in [0.15, 0.2) is 47.2 Å². The van der Waals surface area contributed by atoms with Crippen molar-refractivity contribution in [3.05, 3.63) is 52.8 Å². The van der Waals surface area contributed by atoms with Crippen molar-refractivity contribution in [2.45, 2.75) is 5.37 Å². The molecular formula is C16H17BrN2O2S. The van der Waals surface area contributed by atoms with E-state index in [1.165, 1.54) is 0 Å². The van der Waals surface area contributed by atoms with E-state index in [1.54, 1.807) is 18.9 Å². The second-order valence-electron chi connectivity index (χ2n) is 5.08. The zero-order valence-electron chi connectivity index (χ0n) is 12.2. The molecule has 0 N–H and O–H groups in total. The molecule has 1 unspecified atom stereocenters. The number of rotatable bonds is 5. The first-order chi connectivity index (χ1) is 10.7. The fourth-order valence-electron chi connectivity index (χ4n) is 2.52. The summed E-state index contributed by atoms with van der Waals surface area (Å²) in [4.78, 5) is 13.9. The summed E-state index contributed by atoms with van der Waals surface area (Å²) in [5, 5.41) is 0.0797. The number of carbonyl (C=O) groups is 1. The molecule has 2 aromatic rings. The summed E-state index contributed by atoms with van der Waals surface area (Å²) in [6, 6.07) is 10.2. The number of nitrogens with zero attached hydrogens (tertiary/aromatic N) is 2. The lowest BCUT2D eigenvalue weighted by Gasteiger charge is -2.22. The highest BCUT2D eigenvalue weighted by Crippen LogP contribution is 2.38. The minimum absolute atomic E-state index is 0.0797. The monoisotopic (exact) mass is 380 g/mol. The predicted molar refractivity (Wildman–Crippen MR) is 92.3 cm³/mol. The molecule has 1 aliphatic rings. The van der Waals surface area contributed by atoms with E-state index in [4.69, 9.17) is 4.74 Å². The number of thioether (sulfide) groups is 1. The van der Waals surface area contributed by atoms with E-state index < -0.39 is 0 Å². The van der Waals surface area contributed by atoms with Crippen molar-refractivity contribution in [3.8, 4) is 5.69 Å². The third kappa shape index (κ3) is 3.24. The van der Waals surface area contributed by atoms with Gasteiger partial charge in [-0.15, -0.1) is 11.8 Å². The summed E-state index contributed by atoms with van der Waals surface area (Å²) in [5.74, 6) is 0.721. The van der Waals surface area contributed by atoms with Crippen LogP contribution in [0.3, 0.4) is 0 Å². The normalized spacial score (nSPS) is 18.2. The average molecular weight is 381 g/mol. The molecule has 1 aromatic heterocycles. The van der Waals surface area contributed by atoms with E-state index in [0.29, 0.717) is 18.9 Å². The van der Waals surface area contributed by atoms with E-state index >= 15 is 0 Å². The van der Waals surface area contributed by atoms with Gasteiger partial charge in [0.25, 0.3) is 0 Å². The van der Waals surface area contributed by atoms with Crippen LogP contribution in [-0.2, 0) is 9.53 Å². The number of halogens is 1. The number of aromatic nitrogens is 1. The number of amides is 1. The maximum Gasteiger partial charge on any atom is 0.233 e. The molecule has 1 atom stereocenters. The number of benzene rings is 1. The topological polar surface area (TPSA) is 34.5 Å². The fourth-order valence-corrected chi connectivity index (χ4v) is 4.11. The molecule has 1 fully saturated rings. The van der Waals surface area contributed by atoms with Gasteiger partial charge in [0.05, 0.1) is 12.4 Å². The standard InChI is InChI=1S/C16H17BrN2O2S/c1-21-8-7-19-15(20)11-22-16(19)12-5-6-18(10-12)14-4-2-3-13(17)9-14/h2-6,9-10,16H,7-8,11H2,1H3. The van der Waals surface area contributed by atoms with Gasteiger partial charge < -0.3 is 14.2 Å². The maximum absolute atomic E-state index is 12.0. The molecule has 2 heterocycles. The van der Waals surface area contributed by atoms with Crippen LogP contribution in [0, 0.1) is 0 Å². The lowest BCUT2D eigenvalue weighted by molar-refractivity contribution is -0.128. The first-order valence-electron chi connectivity index (χ1n) is 7.03. The fraction of sp³-hybridized carbons (Fsp3) is 0.312. The zero-order chi connectivity index (χ0) is 15.5. The number of ether oxygens (including phenoxy) is 1. The highest BCUT2D eigenvalue weighted by molar-refractivity contribution is 9.10. The van der Waals surface area contributed by atoms with E-state index in [9.17, 15) is 4.79 Å². The predicted octanol–water partition coefficient (Wildman–Crippen LogP) is 3.46. The van der Waals surface area contributed by atoms with Crippen LogP contribution in [0.5, 0.6) is 0 Å². The second kappa shape index (κ2) is 6.89. The summed E-state index contributed by atoms with van der Waals surface area (Å²) in [6.07, 6.45) is 4.13. The number of hydrogen-bond acceptors (Lipinski definition) is 3. The number of methoxy groups -OCH3 is 1. The van der Waals surface area contributed by atoms with E-state index in [2.05, 4.69) is 44.9 Å². The summed E-state index contributed by atoms with van der Waals surface area (Å²) in [5.41, 5.74) is 2.24. The lowest BCUT2D eigenvalue weighted by atomic mass is 10.3. The first kappa shape index (κ1) is 15.6. The van der Waals surface area contributed by atoms with Crippen molar-refractivity contribution in [2.24, 2.45) is 0 Å². The molecule has 0 saturated carbocycles. The molecule has 0 bridgehead atoms. The van der Waals surface area contributed by atoms with Gasteiger partial charge in [-0.2, -0.15) is 0 Å². The molecule has 3 rings (SSSR count). The Labute approximate surface area is 142 Å². The Balaban J connectivity index is 1.82. The average Bonchev–Trinajstić information content (AvgIpc) is 3.12. The largest absolute Gasteiger partial charge is 0.383 e. The SMILES string of the molecule is COCCN1C(=O)CSC1c1ccn(-c2cccc(Br)c2)c1. The van der Waals surface area contributed by atoms with Crippen molar-refractivity contribution in [1.82, 2.24) is 9.47 Å². The van der Waals surface area contributed by atoms with Crippen LogP contribution in [-0.4, -0.2) is 41.4 Å². The first-order valence-corrected chi connectivity index (χ1v) is 8.87. The molecule has 1 aromatic carbocycles. The Morgan fingerprint density at radius 3 is 3.05 bits per heavy atom. The van der Waals surface area contributed by atoms with Gasteiger partial charge in [0.15, 0.2) is 0 Å². The van der Waals surface area contributed by atoms with E-state index in [1.807, 2.05) is 23.2 Å². The van der Waals surface area contributed by atoms with Crippen LogP contribution >= 0.6 is 27.7 Å². The van der Waals surface area contributed by atoms with E-state index in [0.717, 1.165) is 15.7 Å². The second-order valence-corrected chi connectivity index (χ2v) is 7.06. The quantitative estimate of drug-likeness (QED) is 0.796. The lowest BCUT2D eigenvalue weighted by Crippen LogP contribution is -2.31. The summed E-state index contributed by atoms with van der Waals surface area (Å²) >= 11 is 5.17.